The highest BCUT2D eigenvalue weighted by Crippen LogP contribution is 2.09. The number of benzene rings is 1. The monoisotopic (exact) mass is 181 g/mol. The summed E-state index contributed by atoms with van der Waals surface area (Å²) in [7, 11) is 0. The molecule has 0 atom stereocenters. The average Bonchev–Trinajstić information content (AvgIpc) is 2.17. The maximum absolute atomic E-state index is 13.2. The molecule has 0 aliphatic carbocycles. The van der Waals surface area contributed by atoms with Crippen molar-refractivity contribution in [3.05, 3.63) is 35.6 Å². The summed E-state index contributed by atoms with van der Waals surface area (Å²) in [4.78, 5) is 2.19. The fourth-order valence-electron chi connectivity index (χ4n) is 1.31. The summed E-state index contributed by atoms with van der Waals surface area (Å²) in [6.45, 7) is 6.81. The third-order valence-corrected chi connectivity index (χ3v) is 2.25. The first kappa shape index (κ1) is 10.2. The standard InChI is InChI=1S/C11H16FN/c1-3-13(4-2)9-10-7-5-6-8-11(10)12/h5-8H,3-4,9H2,1-2H3. The Bertz CT molecular complexity index is 256. The second kappa shape index (κ2) is 4.97. The number of hydrogen-bond donors (Lipinski definition) is 0. The summed E-state index contributed by atoms with van der Waals surface area (Å²) in [5.41, 5.74) is 0.784. The van der Waals surface area contributed by atoms with Crippen LogP contribution in [0.15, 0.2) is 24.3 Å². The Morgan fingerprint density at radius 2 is 1.77 bits per heavy atom. The van der Waals surface area contributed by atoms with Gasteiger partial charge in [0.1, 0.15) is 5.82 Å². The van der Waals surface area contributed by atoms with Gasteiger partial charge in [0.2, 0.25) is 0 Å². The molecule has 0 aliphatic heterocycles. The molecule has 13 heavy (non-hydrogen) atoms. The van der Waals surface area contributed by atoms with Gasteiger partial charge in [0.25, 0.3) is 0 Å². The number of hydrogen-bond acceptors (Lipinski definition) is 1. The van der Waals surface area contributed by atoms with Crippen LogP contribution in [0.1, 0.15) is 19.4 Å². The Hall–Kier alpha value is -0.890. The topological polar surface area (TPSA) is 3.24 Å². The lowest BCUT2D eigenvalue weighted by Crippen LogP contribution is -2.22. The predicted molar refractivity (Wildman–Crippen MR) is 53.0 cm³/mol. The van der Waals surface area contributed by atoms with E-state index in [9.17, 15) is 4.39 Å². The van der Waals surface area contributed by atoms with E-state index >= 15 is 0 Å². The molecule has 0 radical (unpaired) electrons. The summed E-state index contributed by atoms with van der Waals surface area (Å²) >= 11 is 0. The van der Waals surface area contributed by atoms with E-state index in [0.717, 1.165) is 18.7 Å². The summed E-state index contributed by atoms with van der Waals surface area (Å²) in [6.07, 6.45) is 0. The molecule has 1 aromatic rings. The van der Waals surface area contributed by atoms with Crippen molar-refractivity contribution in [2.75, 3.05) is 13.1 Å². The van der Waals surface area contributed by atoms with Crippen LogP contribution in [0.3, 0.4) is 0 Å². The van der Waals surface area contributed by atoms with E-state index in [1.54, 1.807) is 6.07 Å². The first-order chi connectivity index (χ1) is 6.27. The highest BCUT2D eigenvalue weighted by Gasteiger charge is 2.04. The SMILES string of the molecule is CCN(CC)Cc1ccccc1F. The molecule has 1 aromatic carbocycles. The predicted octanol–water partition coefficient (Wildman–Crippen LogP) is 2.67. The summed E-state index contributed by atoms with van der Waals surface area (Å²) < 4.78 is 13.2. The zero-order valence-electron chi connectivity index (χ0n) is 8.26. The van der Waals surface area contributed by atoms with E-state index in [1.807, 2.05) is 12.1 Å². The molecular weight excluding hydrogens is 165 g/mol. The van der Waals surface area contributed by atoms with Crippen LogP contribution in [0.4, 0.5) is 4.39 Å². The largest absolute Gasteiger partial charge is 0.300 e. The van der Waals surface area contributed by atoms with Gasteiger partial charge in [-0.1, -0.05) is 32.0 Å². The zero-order valence-corrected chi connectivity index (χ0v) is 8.26. The molecule has 0 saturated heterocycles. The highest BCUT2D eigenvalue weighted by atomic mass is 19.1. The Morgan fingerprint density at radius 1 is 1.15 bits per heavy atom. The van der Waals surface area contributed by atoms with Gasteiger partial charge < -0.3 is 0 Å². The van der Waals surface area contributed by atoms with E-state index < -0.39 is 0 Å². The quantitative estimate of drug-likeness (QED) is 0.690. The van der Waals surface area contributed by atoms with E-state index in [-0.39, 0.29) is 5.82 Å². The molecule has 0 bridgehead atoms. The lowest BCUT2D eigenvalue weighted by molar-refractivity contribution is 0.291. The summed E-state index contributed by atoms with van der Waals surface area (Å²) in [6, 6.07) is 6.95. The van der Waals surface area contributed by atoms with Gasteiger partial charge >= 0.3 is 0 Å². The van der Waals surface area contributed by atoms with Crippen LogP contribution in [0.25, 0.3) is 0 Å². The second-order valence-corrected chi connectivity index (χ2v) is 3.05. The third kappa shape index (κ3) is 2.81. The molecule has 0 saturated carbocycles. The highest BCUT2D eigenvalue weighted by molar-refractivity contribution is 5.16. The first-order valence-corrected chi connectivity index (χ1v) is 4.73. The van der Waals surface area contributed by atoms with E-state index in [1.165, 1.54) is 6.07 Å². The van der Waals surface area contributed by atoms with Crippen molar-refractivity contribution in [1.29, 1.82) is 0 Å². The smallest absolute Gasteiger partial charge is 0.127 e. The molecule has 0 N–H and O–H groups in total. The average molecular weight is 181 g/mol. The molecule has 0 amide bonds. The number of nitrogens with zero attached hydrogens (tertiary/aromatic N) is 1. The van der Waals surface area contributed by atoms with Gasteiger partial charge in [-0.3, -0.25) is 4.90 Å². The van der Waals surface area contributed by atoms with Crippen molar-refractivity contribution in [2.24, 2.45) is 0 Å². The summed E-state index contributed by atoms with van der Waals surface area (Å²) in [5, 5.41) is 0. The van der Waals surface area contributed by atoms with Gasteiger partial charge in [-0.05, 0) is 19.2 Å². The maximum atomic E-state index is 13.2. The molecule has 0 spiro atoms. The van der Waals surface area contributed by atoms with Crippen LogP contribution in [0, 0.1) is 5.82 Å². The molecule has 0 aliphatic rings. The minimum atomic E-state index is -0.102. The van der Waals surface area contributed by atoms with Gasteiger partial charge in [0, 0.05) is 12.1 Å². The minimum absolute atomic E-state index is 0.102. The number of halogens is 1. The molecule has 0 heterocycles. The zero-order chi connectivity index (χ0) is 9.68. The van der Waals surface area contributed by atoms with Gasteiger partial charge in [-0.2, -0.15) is 0 Å². The Kier molecular flexibility index (Phi) is 3.90. The van der Waals surface area contributed by atoms with E-state index in [4.69, 9.17) is 0 Å². The van der Waals surface area contributed by atoms with Crippen molar-refractivity contribution >= 4 is 0 Å². The fourth-order valence-corrected chi connectivity index (χ4v) is 1.31. The van der Waals surface area contributed by atoms with Crippen LogP contribution in [0.5, 0.6) is 0 Å². The van der Waals surface area contributed by atoms with Gasteiger partial charge in [-0.15, -0.1) is 0 Å². The molecular formula is C11H16FN. The normalized spacial score (nSPS) is 10.8. The van der Waals surface area contributed by atoms with Crippen molar-refractivity contribution in [1.82, 2.24) is 4.90 Å². The van der Waals surface area contributed by atoms with Crippen molar-refractivity contribution in [3.63, 3.8) is 0 Å². The molecule has 2 heteroatoms. The minimum Gasteiger partial charge on any atom is -0.300 e. The van der Waals surface area contributed by atoms with E-state index in [0.29, 0.717) is 6.54 Å². The molecule has 0 fully saturated rings. The fraction of sp³-hybridized carbons (Fsp3) is 0.455. The lowest BCUT2D eigenvalue weighted by atomic mass is 10.2. The molecule has 1 nitrogen and oxygen atoms in total. The maximum Gasteiger partial charge on any atom is 0.127 e. The van der Waals surface area contributed by atoms with Crippen LogP contribution in [0.2, 0.25) is 0 Å². The Labute approximate surface area is 79.2 Å². The van der Waals surface area contributed by atoms with Crippen molar-refractivity contribution < 1.29 is 4.39 Å². The van der Waals surface area contributed by atoms with Crippen LogP contribution >= 0.6 is 0 Å². The van der Waals surface area contributed by atoms with Gasteiger partial charge in [0.15, 0.2) is 0 Å². The van der Waals surface area contributed by atoms with Crippen LogP contribution in [-0.2, 0) is 6.54 Å². The molecule has 0 aromatic heterocycles. The second-order valence-electron chi connectivity index (χ2n) is 3.05. The third-order valence-electron chi connectivity index (χ3n) is 2.25. The van der Waals surface area contributed by atoms with Gasteiger partial charge in [-0.25, -0.2) is 4.39 Å². The Morgan fingerprint density at radius 3 is 2.31 bits per heavy atom. The number of rotatable bonds is 4. The van der Waals surface area contributed by atoms with Crippen LogP contribution < -0.4 is 0 Å². The lowest BCUT2D eigenvalue weighted by Gasteiger charge is -2.18. The van der Waals surface area contributed by atoms with E-state index in [2.05, 4.69) is 18.7 Å². The molecule has 1 rings (SSSR count). The van der Waals surface area contributed by atoms with Gasteiger partial charge in [0.05, 0.1) is 0 Å². The molecule has 72 valence electrons. The van der Waals surface area contributed by atoms with Crippen LogP contribution in [-0.4, -0.2) is 18.0 Å². The summed E-state index contributed by atoms with van der Waals surface area (Å²) in [5.74, 6) is -0.102. The van der Waals surface area contributed by atoms with Crippen molar-refractivity contribution in [2.45, 2.75) is 20.4 Å². The molecule has 0 unspecified atom stereocenters. The Balaban J connectivity index is 2.67. The first-order valence-electron chi connectivity index (χ1n) is 4.73. The van der Waals surface area contributed by atoms with Crippen molar-refractivity contribution in [3.8, 4) is 0 Å².